The topological polar surface area (TPSA) is 78.9 Å². The van der Waals surface area contributed by atoms with Crippen LogP contribution in [0.3, 0.4) is 0 Å². The number of ether oxygens (including phenoxy) is 2. The van der Waals surface area contributed by atoms with Gasteiger partial charge < -0.3 is 24.3 Å². The lowest BCUT2D eigenvalue weighted by atomic mass is 9.77. The van der Waals surface area contributed by atoms with Crippen molar-refractivity contribution in [3.05, 3.63) is 42.0 Å². The Hall–Kier alpha value is -2.34. The molecule has 6 heteroatoms. The number of amides is 1. The number of nitrogens with zero attached hydrogens (tertiary/aromatic N) is 1. The Morgan fingerprint density at radius 3 is 2.75 bits per heavy atom. The van der Waals surface area contributed by atoms with E-state index in [0.29, 0.717) is 6.54 Å². The lowest BCUT2D eigenvalue weighted by Gasteiger charge is -2.28. The molecule has 1 spiro atoms. The van der Waals surface area contributed by atoms with E-state index < -0.39 is 29.5 Å². The van der Waals surface area contributed by atoms with E-state index in [4.69, 9.17) is 9.47 Å². The summed E-state index contributed by atoms with van der Waals surface area (Å²) in [5.41, 5.74) is 0.136. The van der Waals surface area contributed by atoms with Crippen molar-refractivity contribution in [1.29, 1.82) is 0 Å². The van der Waals surface area contributed by atoms with Crippen LogP contribution in [-0.2, 0) is 14.3 Å². The molecule has 0 unspecified atom stereocenters. The molecule has 0 N–H and O–H groups in total. The number of carboxylic acids is 1. The fraction of sp³-hybridized carbons (Fsp3) is 0.444. The second-order valence-electron chi connectivity index (χ2n) is 6.63. The summed E-state index contributed by atoms with van der Waals surface area (Å²) in [5.74, 6) is -2.26. The summed E-state index contributed by atoms with van der Waals surface area (Å²) in [6, 6.07) is 7.33. The number of carbonyl (C=O) groups is 2. The van der Waals surface area contributed by atoms with E-state index in [9.17, 15) is 14.7 Å². The summed E-state index contributed by atoms with van der Waals surface area (Å²) >= 11 is 0. The minimum absolute atomic E-state index is 0.179. The third kappa shape index (κ3) is 1.92. The fourth-order valence-electron chi connectivity index (χ4n) is 4.19. The third-order valence-corrected chi connectivity index (χ3v) is 5.47. The highest BCUT2D eigenvalue weighted by Gasteiger charge is 2.65. The van der Waals surface area contributed by atoms with Gasteiger partial charge in [-0.05, 0) is 24.6 Å². The van der Waals surface area contributed by atoms with Crippen molar-refractivity contribution in [2.75, 3.05) is 13.7 Å². The largest absolute Gasteiger partial charge is 0.550 e. The molecule has 3 aliphatic rings. The maximum absolute atomic E-state index is 12.9. The quantitative estimate of drug-likeness (QED) is 0.742. The number of methoxy groups -OCH3 is 1. The summed E-state index contributed by atoms with van der Waals surface area (Å²) in [5, 5.41) is 11.5. The van der Waals surface area contributed by atoms with Gasteiger partial charge >= 0.3 is 0 Å². The van der Waals surface area contributed by atoms with Crippen LogP contribution in [0.2, 0.25) is 0 Å². The molecule has 126 valence electrons. The Morgan fingerprint density at radius 1 is 1.42 bits per heavy atom. The third-order valence-electron chi connectivity index (χ3n) is 5.47. The first-order valence-corrected chi connectivity index (χ1v) is 7.99. The summed E-state index contributed by atoms with van der Waals surface area (Å²) in [6.07, 6.45) is 3.04. The molecule has 0 saturated carbocycles. The molecule has 2 bridgehead atoms. The minimum Gasteiger partial charge on any atom is -0.550 e. The van der Waals surface area contributed by atoms with Crippen molar-refractivity contribution in [3.63, 3.8) is 0 Å². The molecule has 6 nitrogen and oxygen atoms in total. The van der Waals surface area contributed by atoms with Gasteiger partial charge in [0, 0.05) is 11.9 Å². The van der Waals surface area contributed by atoms with Crippen LogP contribution in [0.5, 0.6) is 5.75 Å². The van der Waals surface area contributed by atoms with E-state index in [1.54, 1.807) is 18.1 Å². The molecule has 4 rings (SSSR count). The average molecular weight is 328 g/mol. The maximum atomic E-state index is 12.9. The zero-order valence-corrected chi connectivity index (χ0v) is 13.5. The van der Waals surface area contributed by atoms with Gasteiger partial charge in [0.15, 0.2) is 0 Å². The van der Waals surface area contributed by atoms with Crippen molar-refractivity contribution in [2.24, 2.45) is 11.8 Å². The van der Waals surface area contributed by atoms with Gasteiger partial charge in [0.1, 0.15) is 11.4 Å². The normalized spacial score (nSPS) is 34.5. The van der Waals surface area contributed by atoms with E-state index in [1.165, 1.54) is 0 Å². The Bertz CT molecular complexity index is 727. The maximum Gasteiger partial charge on any atom is 0.230 e. The van der Waals surface area contributed by atoms with Crippen LogP contribution in [0.4, 0.5) is 0 Å². The minimum atomic E-state index is -1.22. The summed E-state index contributed by atoms with van der Waals surface area (Å²) in [4.78, 5) is 26.1. The number of likely N-dealkylation sites (tertiary alicyclic amines) is 1. The molecule has 3 heterocycles. The molecule has 0 aliphatic carbocycles. The molecule has 3 aliphatic heterocycles. The van der Waals surface area contributed by atoms with Crippen LogP contribution in [0.15, 0.2) is 36.4 Å². The van der Waals surface area contributed by atoms with E-state index >= 15 is 0 Å². The predicted octanol–water partition coefficient (Wildman–Crippen LogP) is 0.288. The summed E-state index contributed by atoms with van der Waals surface area (Å²) in [7, 11) is 1.60. The molecular weight excluding hydrogens is 310 g/mol. The van der Waals surface area contributed by atoms with Crippen molar-refractivity contribution >= 4 is 11.9 Å². The fourth-order valence-corrected chi connectivity index (χ4v) is 4.19. The van der Waals surface area contributed by atoms with Crippen LogP contribution in [0.1, 0.15) is 18.5 Å². The second kappa shape index (κ2) is 5.08. The highest BCUT2D eigenvalue weighted by Crippen LogP contribution is 2.53. The molecule has 0 radical (unpaired) electrons. The van der Waals surface area contributed by atoms with Gasteiger partial charge in [-0.1, -0.05) is 24.3 Å². The number of rotatable bonds is 4. The van der Waals surface area contributed by atoms with Crippen LogP contribution >= 0.6 is 0 Å². The average Bonchev–Trinajstić information content (AvgIpc) is 3.22. The van der Waals surface area contributed by atoms with Gasteiger partial charge in [-0.3, -0.25) is 4.79 Å². The van der Waals surface area contributed by atoms with Gasteiger partial charge in [-0.2, -0.15) is 0 Å². The lowest BCUT2D eigenvalue weighted by Crippen LogP contribution is -2.45. The number of hydrogen-bond donors (Lipinski definition) is 0. The van der Waals surface area contributed by atoms with Gasteiger partial charge in [0.25, 0.3) is 0 Å². The molecule has 2 fully saturated rings. The van der Waals surface area contributed by atoms with Crippen molar-refractivity contribution in [3.8, 4) is 5.75 Å². The molecular formula is C18H18NO5-. The van der Waals surface area contributed by atoms with Crippen LogP contribution in [0, 0.1) is 11.8 Å². The van der Waals surface area contributed by atoms with Crippen molar-refractivity contribution < 1.29 is 24.2 Å². The van der Waals surface area contributed by atoms with E-state index in [1.807, 2.05) is 37.3 Å². The van der Waals surface area contributed by atoms with Gasteiger partial charge in [0.2, 0.25) is 5.91 Å². The SMILES string of the molecule is COc1ccc([C@H](C)N2C[C@@]34C=C[C@H](O3)[C@H](C(=O)[O-])[C@H]4C2=O)cc1. The molecule has 2 saturated heterocycles. The molecule has 5 atom stereocenters. The Balaban J connectivity index is 1.63. The van der Waals surface area contributed by atoms with Crippen molar-refractivity contribution in [2.45, 2.75) is 24.7 Å². The van der Waals surface area contributed by atoms with E-state index in [-0.39, 0.29) is 11.9 Å². The highest BCUT2D eigenvalue weighted by molar-refractivity contribution is 5.90. The highest BCUT2D eigenvalue weighted by atomic mass is 16.5. The molecule has 1 aromatic carbocycles. The first-order chi connectivity index (χ1) is 11.5. The monoisotopic (exact) mass is 328 g/mol. The van der Waals surface area contributed by atoms with Crippen LogP contribution in [0.25, 0.3) is 0 Å². The predicted molar refractivity (Wildman–Crippen MR) is 81.9 cm³/mol. The smallest absolute Gasteiger partial charge is 0.230 e. The zero-order chi connectivity index (χ0) is 17.1. The van der Waals surface area contributed by atoms with Gasteiger partial charge in [-0.15, -0.1) is 0 Å². The Morgan fingerprint density at radius 2 is 2.12 bits per heavy atom. The van der Waals surface area contributed by atoms with E-state index in [2.05, 4.69) is 0 Å². The first kappa shape index (κ1) is 15.2. The molecule has 0 aromatic heterocycles. The number of carbonyl (C=O) groups excluding carboxylic acids is 2. The Labute approximate surface area is 139 Å². The lowest BCUT2D eigenvalue weighted by molar-refractivity contribution is -0.313. The molecule has 1 aromatic rings. The standard InChI is InChI=1S/C18H19NO5/c1-10(11-3-5-12(23-2)6-4-11)19-9-18-8-7-13(24-18)14(17(21)22)15(18)16(19)20/h3-8,10,13-15H,9H2,1-2H3,(H,21,22)/p-1/t10-,13-,14-,15-,18+/m0/s1. The summed E-state index contributed by atoms with van der Waals surface area (Å²) in [6.45, 7) is 2.29. The van der Waals surface area contributed by atoms with Crippen LogP contribution < -0.4 is 9.84 Å². The number of benzene rings is 1. The first-order valence-electron chi connectivity index (χ1n) is 7.99. The number of fused-ring (bicyclic) bond motifs is 1. The molecule has 1 amide bonds. The number of aliphatic carboxylic acids is 1. The summed E-state index contributed by atoms with van der Waals surface area (Å²) < 4.78 is 11.0. The van der Waals surface area contributed by atoms with Crippen molar-refractivity contribution in [1.82, 2.24) is 4.90 Å². The molecule has 24 heavy (non-hydrogen) atoms. The van der Waals surface area contributed by atoms with Gasteiger partial charge in [0.05, 0.1) is 31.7 Å². The Kier molecular flexibility index (Phi) is 3.22. The number of hydrogen-bond acceptors (Lipinski definition) is 5. The second-order valence-corrected chi connectivity index (χ2v) is 6.63. The zero-order valence-electron chi connectivity index (χ0n) is 13.5. The number of carboxylic acid groups (broad SMARTS) is 1. The van der Waals surface area contributed by atoms with Crippen LogP contribution in [-0.4, -0.2) is 42.1 Å². The van der Waals surface area contributed by atoms with Gasteiger partial charge in [-0.25, -0.2) is 0 Å². The van der Waals surface area contributed by atoms with E-state index in [0.717, 1.165) is 11.3 Å².